The fourth-order valence-corrected chi connectivity index (χ4v) is 2.00. The quantitative estimate of drug-likeness (QED) is 0.814. The molecule has 20 heavy (non-hydrogen) atoms. The maximum Gasteiger partial charge on any atom is 0.0766 e. The lowest BCUT2D eigenvalue weighted by atomic mass is 10.0. The van der Waals surface area contributed by atoms with Crippen LogP contribution in [0.3, 0.4) is 0 Å². The lowest BCUT2D eigenvalue weighted by Gasteiger charge is -2.17. The number of nitrogens with zero attached hydrogens (tertiary/aromatic N) is 2. The first kappa shape index (κ1) is 14.8. The third-order valence-electron chi connectivity index (χ3n) is 3.63. The topological polar surface area (TPSA) is 50.1 Å². The van der Waals surface area contributed by atoms with Crippen molar-refractivity contribution in [2.24, 2.45) is 5.92 Å². The van der Waals surface area contributed by atoms with Crippen molar-refractivity contribution in [3.8, 4) is 5.69 Å². The standard InChI is InChI=1S/C16H23N3O/c1-3-13(2)16(20)12-17-11-14-9-10-19(18-14)15-7-5-4-6-8-15/h4-10,13,16-17,20H,3,11-12H2,1-2H3. The largest absolute Gasteiger partial charge is 0.392 e. The fourth-order valence-electron chi connectivity index (χ4n) is 2.00. The first-order valence-corrected chi connectivity index (χ1v) is 7.19. The van der Waals surface area contributed by atoms with E-state index in [2.05, 4.69) is 24.3 Å². The summed E-state index contributed by atoms with van der Waals surface area (Å²) in [5.74, 6) is 0.323. The van der Waals surface area contributed by atoms with Crippen LogP contribution in [-0.4, -0.2) is 27.5 Å². The Morgan fingerprint density at radius 2 is 2.00 bits per heavy atom. The van der Waals surface area contributed by atoms with Gasteiger partial charge in [0.1, 0.15) is 0 Å². The maximum atomic E-state index is 9.89. The number of hydrogen-bond acceptors (Lipinski definition) is 3. The molecule has 0 saturated carbocycles. The molecule has 0 aliphatic rings. The molecule has 2 rings (SSSR count). The van der Waals surface area contributed by atoms with Crippen LogP contribution in [0.25, 0.3) is 5.69 Å². The van der Waals surface area contributed by atoms with Gasteiger partial charge in [-0.2, -0.15) is 5.10 Å². The zero-order chi connectivity index (χ0) is 14.4. The van der Waals surface area contributed by atoms with E-state index in [-0.39, 0.29) is 6.10 Å². The van der Waals surface area contributed by atoms with E-state index in [1.807, 2.05) is 47.3 Å². The molecule has 4 heteroatoms. The van der Waals surface area contributed by atoms with Gasteiger partial charge in [-0.15, -0.1) is 0 Å². The maximum absolute atomic E-state index is 9.89. The highest BCUT2D eigenvalue weighted by atomic mass is 16.3. The van der Waals surface area contributed by atoms with Crippen molar-refractivity contribution < 1.29 is 5.11 Å². The molecule has 0 saturated heterocycles. The summed E-state index contributed by atoms with van der Waals surface area (Å²) in [4.78, 5) is 0. The Hall–Kier alpha value is -1.65. The second kappa shape index (κ2) is 7.22. The predicted octanol–water partition coefficient (Wildman–Crippen LogP) is 2.37. The molecule has 4 nitrogen and oxygen atoms in total. The van der Waals surface area contributed by atoms with Gasteiger partial charge in [0.2, 0.25) is 0 Å². The molecule has 0 aliphatic heterocycles. The lowest BCUT2D eigenvalue weighted by Crippen LogP contribution is -2.31. The molecule has 2 unspecified atom stereocenters. The molecule has 0 radical (unpaired) electrons. The Morgan fingerprint density at radius 1 is 1.25 bits per heavy atom. The molecule has 1 heterocycles. The van der Waals surface area contributed by atoms with Gasteiger partial charge >= 0.3 is 0 Å². The summed E-state index contributed by atoms with van der Waals surface area (Å²) in [5, 5.41) is 17.7. The van der Waals surface area contributed by atoms with Crippen molar-refractivity contribution in [1.82, 2.24) is 15.1 Å². The molecule has 1 aromatic carbocycles. The summed E-state index contributed by atoms with van der Waals surface area (Å²) in [5.41, 5.74) is 2.03. The van der Waals surface area contributed by atoms with Gasteiger partial charge in [-0.3, -0.25) is 0 Å². The molecule has 2 N–H and O–H groups in total. The van der Waals surface area contributed by atoms with Crippen LogP contribution in [0.15, 0.2) is 42.6 Å². The summed E-state index contributed by atoms with van der Waals surface area (Å²) in [6, 6.07) is 12.0. The average Bonchev–Trinajstić information content (AvgIpc) is 2.96. The second-order valence-electron chi connectivity index (χ2n) is 5.17. The Morgan fingerprint density at radius 3 is 2.70 bits per heavy atom. The molecule has 0 fully saturated rings. The summed E-state index contributed by atoms with van der Waals surface area (Å²) in [6.07, 6.45) is 2.65. The van der Waals surface area contributed by atoms with Crippen LogP contribution < -0.4 is 5.32 Å². The summed E-state index contributed by atoms with van der Waals surface area (Å²) < 4.78 is 1.86. The molecule has 1 aromatic heterocycles. The van der Waals surface area contributed by atoms with Crippen LogP contribution >= 0.6 is 0 Å². The predicted molar refractivity (Wildman–Crippen MR) is 80.7 cm³/mol. The van der Waals surface area contributed by atoms with Gasteiger partial charge in [0.25, 0.3) is 0 Å². The molecular weight excluding hydrogens is 250 g/mol. The monoisotopic (exact) mass is 273 g/mol. The van der Waals surface area contributed by atoms with Crippen LogP contribution in [0, 0.1) is 5.92 Å². The van der Waals surface area contributed by atoms with E-state index in [1.54, 1.807) is 0 Å². The molecule has 2 atom stereocenters. The molecule has 2 aromatic rings. The number of aliphatic hydroxyl groups is 1. The molecule has 0 spiro atoms. The van der Waals surface area contributed by atoms with Crippen molar-refractivity contribution in [2.75, 3.05) is 6.54 Å². The van der Waals surface area contributed by atoms with Gasteiger partial charge in [0.15, 0.2) is 0 Å². The summed E-state index contributed by atoms with van der Waals surface area (Å²) >= 11 is 0. The average molecular weight is 273 g/mol. The van der Waals surface area contributed by atoms with E-state index >= 15 is 0 Å². The summed E-state index contributed by atoms with van der Waals surface area (Å²) in [7, 11) is 0. The van der Waals surface area contributed by atoms with E-state index in [4.69, 9.17) is 0 Å². The second-order valence-corrected chi connectivity index (χ2v) is 5.17. The van der Waals surface area contributed by atoms with Gasteiger partial charge in [0.05, 0.1) is 17.5 Å². The molecule has 0 amide bonds. The number of benzene rings is 1. The molecule has 108 valence electrons. The van der Waals surface area contributed by atoms with Gasteiger partial charge in [-0.1, -0.05) is 38.5 Å². The van der Waals surface area contributed by atoms with E-state index < -0.39 is 0 Å². The smallest absolute Gasteiger partial charge is 0.0766 e. The Balaban J connectivity index is 1.85. The minimum atomic E-state index is -0.295. The molecule has 0 bridgehead atoms. The third-order valence-corrected chi connectivity index (χ3v) is 3.63. The van der Waals surface area contributed by atoms with Gasteiger partial charge < -0.3 is 10.4 Å². The lowest BCUT2D eigenvalue weighted by molar-refractivity contribution is 0.112. The zero-order valence-electron chi connectivity index (χ0n) is 12.2. The fraction of sp³-hybridized carbons (Fsp3) is 0.438. The van der Waals surface area contributed by atoms with Crippen LogP contribution in [0.5, 0.6) is 0 Å². The van der Waals surface area contributed by atoms with Gasteiger partial charge in [-0.25, -0.2) is 4.68 Å². The van der Waals surface area contributed by atoms with Crippen molar-refractivity contribution >= 4 is 0 Å². The normalized spacial score (nSPS) is 14.2. The number of hydrogen-bond donors (Lipinski definition) is 2. The van der Waals surface area contributed by atoms with Crippen LogP contribution in [0.4, 0.5) is 0 Å². The highest BCUT2D eigenvalue weighted by molar-refractivity contribution is 5.30. The minimum absolute atomic E-state index is 0.295. The van der Waals surface area contributed by atoms with Crippen molar-refractivity contribution in [3.63, 3.8) is 0 Å². The third kappa shape index (κ3) is 3.92. The van der Waals surface area contributed by atoms with E-state index in [9.17, 15) is 5.11 Å². The van der Waals surface area contributed by atoms with Gasteiger partial charge in [0, 0.05) is 19.3 Å². The Labute approximate surface area is 120 Å². The van der Waals surface area contributed by atoms with Crippen molar-refractivity contribution in [3.05, 3.63) is 48.3 Å². The van der Waals surface area contributed by atoms with Crippen LogP contribution in [-0.2, 0) is 6.54 Å². The number of rotatable bonds is 7. The number of aliphatic hydroxyl groups excluding tert-OH is 1. The van der Waals surface area contributed by atoms with Crippen LogP contribution in [0.2, 0.25) is 0 Å². The van der Waals surface area contributed by atoms with E-state index in [1.165, 1.54) is 0 Å². The first-order valence-electron chi connectivity index (χ1n) is 7.19. The zero-order valence-corrected chi connectivity index (χ0v) is 12.2. The van der Waals surface area contributed by atoms with Crippen molar-refractivity contribution in [2.45, 2.75) is 32.9 Å². The minimum Gasteiger partial charge on any atom is -0.392 e. The SMILES string of the molecule is CCC(C)C(O)CNCc1ccn(-c2ccccc2)n1. The number of para-hydroxylation sites is 1. The molecule has 0 aliphatic carbocycles. The van der Waals surface area contributed by atoms with E-state index in [0.717, 1.165) is 17.8 Å². The van der Waals surface area contributed by atoms with Crippen molar-refractivity contribution in [1.29, 1.82) is 0 Å². The highest BCUT2D eigenvalue weighted by Crippen LogP contribution is 2.08. The Bertz CT molecular complexity index is 509. The van der Waals surface area contributed by atoms with Crippen LogP contribution in [0.1, 0.15) is 26.0 Å². The highest BCUT2D eigenvalue weighted by Gasteiger charge is 2.11. The van der Waals surface area contributed by atoms with Gasteiger partial charge in [-0.05, 0) is 24.1 Å². The van der Waals surface area contributed by atoms with E-state index in [0.29, 0.717) is 19.0 Å². The number of nitrogens with one attached hydrogen (secondary N) is 1. The Kier molecular flexibility index (Phi) is 5.32. The summed E-state index contributed by atoms with van der Waals surface area (Å²) in [6.45, 7) is 5.44. The molecular formula is C16H23N3O. The number of aromatic nitrogens is 2. The first-order chi connectivity index (χ1) is 9.70.